The van der Waals surface area contributed by atoms with Crippen LogP contribution in [0.15, 0.2) is 0 Å². The largest absolute Gasteiger partial charge is 0.304 e. The molecule has 0 aromatic rings. The standard InChI is InChI=1S/C10H19BFN/c1-8-5-9(3-4-12)6-10(11)7-13(8)2/h8-10H,3-7H2,1-2H3/t8?,9-,10?/m0/s1. The van der Waals surface area contributed by atoms with E-state index in [-0.39, 0.29) is 12.5 Å². The fourth-order valence-electron chi connectivity index (χ4n) is 2.20. The first-order valence-electron chi connectivity index (χ1n) is 5.15. The molecule has 0 aromatic carbocycles. The maximum absolute atomic E-state index is 12.2. The van der Waals surface area contributed by atoms with Crippen molar-refractivity contribution < 1.29 is 4.39 Å². The SMILES string of the molecule is [B]C1C[C@@H](CCF)CC(C)N(C)C1. The van der Waals surface area contributed by atoms with E-state index in [2.05, 4.69) is 18.9 Å². The van der Waals surface area contributed by atoms with Crippen LogP contribution in [-0.2, 0) is 0 Å². The Balaban J connectivity index is 2.49. The predicted octanol–water partition coefficient (Wildman–Crippen LogP) is 2.03. The van der Waals surface area contributed by atoms with Crippen LogP contribution in [0.4, 0.5) is 4.39 Å². The van der Waals surface area contributed by atoms with E-state index >= 15 is 0 Å². The quantitative estimate of drug-likeness (QED) is 0.592. The third kappa shape index (κ3) is 3.30. The van der Waals surface area contributed by atoms with E-state index < -0.39 is 0 Å². The van der Waals surface area contributed by atoms with Gasteiger partial charge in [0, 0.05) is 6.04 Å². The van der Waals surface area contributed by atoms with Crippen molar-refractivity contribution >= 4 is 7.85 Å². The summed E-state index contributed by atoms with van der Waals surface area (Å²) in [5.41, 5.74) is 0. The molecule has 0 bridgehead atoms. The van der Waals surface area contributed by atoms with E-state index in [1.54, 1.807) is 0 Å². The maximum atomic E-state index is 12.2. The minimum atomic E-state index is -0.201. The summed E-state index contributed by atoms with van der Waals surface area (Å²) in [6, 6.07) is 0.546. The lowest BCUT2D eigenvalue weighted by Gasteiger charge is -2.23. The van der Waals surface area contributed by atoms with E-state index in [9.17, 15) is 4.39 Å². The average Bonchev–Trinajstić information content (AvgIpc) is 2.13. The molecule has 0 aliphatic carbocycles. The maximum Gasteiger partial charge on any atom is 0.0897 e. The van der Waals surface area contributed by atoms with Gasteiger partial charge < -0.3 is 4.90 Å². The average molecular weight is 183 g/mol. The number of hydrogen-bond donors (Lipinski definition) is 0. The molecule has 1 rings (SSSR count). The summed E-state index contributed by atoms with van der Waals surface area (Å²) in [6.45, 7) is 2.95. The molecule has 2 radical (unpaired) electrons. The van der Waals surface area contributed by atoms with Gasteiger partial charge >= 0.3 is 0 Å². The monoisotopic (exact) mass is 183 g/mol. The summed E-state index contributed by atoms with van der Waals surface area (Å²) in [6.07, 6.45) is 2.76. The summed E-state index contributed by atoms with van der Waals surface area (Å²) in [4.78, 5) is 2.28. The van der Waals surface area contributed by atoms with Crippen molar-refractivity contribution in [1.82, 2.24) is 4.90 Å². The zero-order valence-electron chi connectivity index (χ0n) is 8.67. The van der Waals surface area contributed by atoms with E-state index in [0.29, 0.717) is 18.4 Å². The highest BCUT2D eigenvalue weighted by molar-refractivity contribution is 6.11. The fourth-order valence-corrected chi connectivity index (χ4v) is 2.20. The Morgan fingerprint density at radius 1 is 1.46 bits per heavy atom. The summed E-state index contributed by atoms with van der Waals surface area (Å²) < 4.78 is 12.2. The highest BCUT2D eigenvalue weighted by Crippen LogP contribution is 2.28. The van der Waals surface area contributed by atoms with Crippen LogP contribution in [0.5, 0.6) is 0 Å². The zero-order chi connectivity index (χ0) is 9.84. The molecule has 74 valence electrons. The van der Waals surface area contributed by atoms with Crippen molar-refractivity contribution in [2.24, 2.45) is 5.92 Å². The highest BCUT2D eigenvalue weighted by Gasteiger charge is 2.23. The molecule has 0 spiro atoms. The smallest absolute Gasteiger partial charge is 0.0897 e. The number of likely N-dealkylation sites (tertiary alicyclic amines) is 1. The Kier molecular flexibility index (Phi) is 4.24. The molecule has 13 heavy (non-hydrogen) atoms. The van der Waals surface area contributed by atoms with E-state index in [0.717, 1.165) is 19.4 Å². The van der Waals surface area contributed by atoms with Crippen LogP contribution in [0.1, 0.15) is 26.2 Å². The first-order valence-corrected chi connectivity index (χ1v) is 5.15. The van der Waals surface area contributed by atoms with Crippen molar-refractivity contribution in [3.63, 3.8) is 0 Å². The summed E-state index contributed by atoms with van der Waals surface area (Å²) in [7, 11) is 8.04. The molecule has 1 fully saturated rings. The van der Waals surface area contributed by atoms with Crippen molar-refractivity contribution in [3.8, 4) is 0 Å². The molecular formula is C10H19BFN. The number of nitrogens with zero attached hydrogens (tertiary/aromatic N) is 1. The molecule has 1 nitrogen and oxygen atoms in total. The van der Waals surface area contributed by atoms with Gasteiger partial charge in [-0.05, 0) is 39.3 Å². The van der Waals surface area contributed by atoms with Gasteiger partial charge in [0.25, 0.3) is 0 Å². The molecule has 0 saturated carbocycles. The van der Waals surface area contributed by atoms with Gasteiger partial charge in [-0.2, -0.15) is 0 Å². The molecular weight excluding hydrogens is 164 g/mol. The van der Waals surface area contributed by atoms with Crippen LogP contribution in [-0.4, -0.2) is 39.1 Å². The van der Waals surface area contributed by atoms with Crippen LogP contribution in [0, 0.1) is 5.92 Å². The number of halogens is 1. The Hall–Kier alpha value is -0.0451. The van der Waals surface area contributed by atoms with Gasteiger partial charge in [-0.15, -0.1) is 0 Å². The van der Waals surface area contributed by atoms with Gasteiger partial charge in [0.05, 0.1) is 14.5 Å². The van der Waals surface area contributed by atoms with Crippen LogP contribution in [0.3, 0.4) is 0 Å². The highest BCUT2D eigenvalue weighted by atomic mass is 19.1. The van der Waals surface area contributed by atoms with Gasteiger partial charge in [-0.1, -0.05) is 12.2 Å². The summed E-state index contributed by atoms with van der Waals surface area (Å²) in [5, 5.41) is 0. The fraction of sp³-hybridized carbons (Fsp3) is 1.00. The van der Waals surface area contributed by atoms with Gasteiger partial charge in [-0.25, -0.2) is 0 Å². The molecule has 2 unspecified atom stereocenters. The second kappa shape index (κ2) is 4.99. The predicted molar refractivity (Wildman–Crippen MR) is 54.9 cm³/mol. The molecule has 0 N–H and O–H groups in total. The Morgan fingerprint density at radius 3 is 2.77 bits per heavy atom. The first kappa shape index (κ1) is 11.0. The lowest BCUT2D eigenvalue weighted by molar-refractivity contribution is 0.246. The van der Waals surface area contributed by atoms with Crippen LogP contribution >= 0.6 is 0 Å². The number of alkyl halides is 1. The van der Waals surface area contributed by atoms with E-state index in [4.69, 9.17) is 7.85 Å². The summed E-state index contributed by atoms with van der Waals surface area (Å²) >= 11 is 0. The Morgan fingerprint density at radius 2 is 2.15 bits per heavy atom. The molecule has 0 amide bonds. The second-order valence-electron chi connectivity index (χ2n) is 4.36. The third-order valence-electron chi connectivity index (χ3n) is 3.10. The molecule has 1 aliphatic rings. The van der Waals surface area contributed by atoms with Crippen LogP contribution in [0.25, 0.3) is 0 Å². The van der Waals surface area contributed by atoms with Gasteiger partial charge in [0.15, 0.2) is 0 Å². The Labute approximate surface area is 82.1 Å². The second-order valence-corrected chi connectivity index (χ2v) is 4.36. The minimum absolute atomic E-state index is 0.201. The zero-order valence-corrected chi connectivity index (χ0v) is 8.67. The Bertz CT molecular complexity index is 154. The molecule has 3 heteroatoms. The van der Waals surface area contributed by atoms with Crippen molar-refractivity contribution in [2.75, 3.05) is 20.3 Å². The van der Waals surface area contributed by atoms with Crippen molar-refractivity contribution in [3.05, 3.63) is 0 Å². The number of rotatable bonds is 2. The van der Waals surface area contributed by atoms with Crippen LogP contribution < -0.4 is 0 Å². The normalized spacial score (nSPS) is 37.3. The number of hydrogen-bond acceptors (Lipinski definition) is 1. The molecule has 1 aliphatic heterocycles. The lowest BCUT2D eigenvalue weighted by atomic mass is 9.79. The molecule has 1 heterocycles. The van der Waals surface area contributed by atoms with Gasteiger partial charge in [0.1, 0.15) is 0 Å². The minimum Gasteiger partial charge on any atom is -0.304 e. The van der Waals surface area contributed by atoms with E-state index in [1.807, 2.05) is 0 Å². The van der Waals surface area contributed by atoms with Crippen LogP contribution in [0.2, 0.25) is 5.82 Å². The third-order valence-corrected chi connectivity index (χ3v) is 3.10. The molecule has 3 atom stereocenters. The molecule has 1 saturated heterocycles. The first-order chi connectivity index (χ1) is 6.13. The van der Waals surface area contributed by atoms with Gasteiger partial charge in [0.2, 0.25) is 0 Å². The van der Waals surface area contributed by atoms with Crippen molar-refractivity contribution in [1.29, 1.82) is 0 Å². The topological polar surface area (TPSA) is 3.24 Å². The van der Waals surface area contributed by atoms with E-state index in [1.165, 1.54) is 0 Å². The summed E-state index contributed by atoms with van der Waals surface area (Å²) in [5.74, 6) is 0.714. The molecule has 0 aromatic heterocycles. The van der Waals surface area contributed by atoms with Gasteiger partial charge in [-0.3, -0.25) is 4.39 Å². The van der Waals surface area contributed by atoms with Crippen molar-refractivity contribution in [2.45, 2.75) is 38.0 Å². The lowest BCUT2D eigenvalue weighted by Crippen LogP contribution is -2.30.